The molecule has 0 fully saturated rings. The van der Waals surface area contributed by atoms with Gasteiger partial charge in [-0.2, -0.15) is 79.0 Å². The van der Waals surface area contributed by atoms with Crippen molar-refractivity contribution >= 4 is 0 Å². The number of ether oxygens (including phenoxy) is 3. The van der Waals surface area contributed by atoms with Crippen LogP contribution >= 0.6 is 0 Å². The monoisotopic (exact) mass is 706 g/mol. The molecule has 0 aromatic rings. The Kier molecular flexibility index (Phi) is 12.0. The Morgan fingerprint density at radius 2 is 0.488 bits per heavy atom. The predicted molar refractivity (Wildman–Crippen MR) is 84.2 cm³/mol. The third-order valence-electron chi connectivity index (χ3n) is 4.66. The van der Waals surface area contributed by atoms with Crippen LogP contribution in [-0.4, -0.2) is 98.9 Å². The molecule has 0 saturated carbocycles. The van der Waals surface area contributed by atoms with Crippen LogP contribution in [0.5, 0.6) is 0 Å². The van der Waals surface area contributed by atoms with Crippen molar-refractivity contribution in [2.45, 2.75) is 79.1 Å². The van der Waals surface area contributed by atoms with Gasteiger partial charge in [-0.15, -0.1) is 0 Å². The fraction of sp³-hybridized carbons (Fsp3) is 1.00. The van der Waals surface area contributed by atoms with E-state index in [1.807, 2.05) is 0 Å². The second kappa shape index (κ2) is 12.5. The van der Waals surface area contributed by atoms with E-state index in [-0.39, 0.29) is 0 Å². The maximum absolute atomic E-state index is 13.5. The Balaban J connectivity index is 6.36. The van der Waals surface area contributed by atoms with Gasteiger partial charge in [0.05, 0.1) is 0 Å². The zero-order valence-corrected chi connectivity index (χ0v) is 19.2. The second-order valence-electron chi connectivity index (χ2n) is 7.83. The van der Waals surface area contributed by atoms with Gasteiger partial charge in [-0.25, -0.2) is 26.3 Å². The number of halogens is 24. The molecule has 0 spiro atoms. The molecular weight excluding hydrogens is 696 g/mol. The second-order valence-corrected chi connectivity index (χ2v) is 7.83. The lowest BCUT2D eigenvalue weighted by Gasteiger charge is -2.35. The van der Waals surface area contributed by atoms with E-state index < -0.39 is 98.9 Å². The first-order valence-electron chi connectivity index (χ1n) is 9.71. The summed E-state index contributed by atoms with van der Waals surface area (Å²) in [6.45, 7) is -15.7. The van der Waals surface area contributed by atoms with Crippen LogP contribution in [0, 0.1) is 0 Å². The van der Waals surface area contributed by atoms with Crippen molar-refractivity contribution in [1.82, 2.24) is 0 Å². The Morgan fingerprint density at radius 1 is 0.326 bits per heavy atom. The average molecular weight is 706 g/mol. The number of alkyl halides is 24. The van der Waals surface area contributed by atoms with Gasteiger partial charge in [0.2, 0.25) is 0 Å². The number of hydrogen-bond acceptors (Lipinski definition) is 3. The van der Waals surface area contributed by atoms with E-state index in [9.17, 15) is 105 Å². The Hall–Kier alpha value is -1.80. The summed E-state index contributed by atoms with van der Waals surface area (Å²) in [6.07, 6.45) is -16.9. The number of rotatable bonds is 18. The van der Waals surface area contributed by atoms with E-state index in [1.165, 1.54) is 0 Å². The summed E-state index contributed by atoms with van der Waals surface area (Å²) in [6, 6.07) is 0. The summed E-state index contributed by atoms with van der Waals surface area (Å²) in [7, 11) is 0. The van der Waals surface area contributed by atoms with Crippen LogP contribution in [-0.2, 0) is 14.2 Å². The molecule has 0 rings (SSSR count). The van der Waals surface area contributed by atoms with Gasteiger partial charge in [-0.1, -0.05) is 0 Å². The van der Waals surface area contributed by atoms with Gasteiger partial charge >= 0.3 is 72.6 Å². The van der Waals surface area contributed by atoms with Crippen molar-refractivity contribution in [3.05, 3.63) is 0 Å². The highest BCUT2D eigenvalue weighted by Crippen LogP contribution is 2.51. The maximum Gasteiger partial charge on any atom is 0.380 e. The molecule has 0 N–H and O–H groups in total. The first-order valence-corrected chi connectivity index (χ1v) is 9.71. The molecule has 3 nitrogen and oxygen atoms in total. The SMILES string of the molecule is FC(F)C(F)(F)C(F)(F)C(F)(F)COC(OCC(F)(F)C(F)(F)C(F)(F)C(F)F)OCC(F)(F)C(F)(F)C(F)(F)C(F)F. The first-order chi connectivity index (χ1) is 18.6. The highest BCUT2D eigenvalue weighted by atomic mass is 19.4. The molecule has 0 heterocycles. The summed E-state index contributed by atoms with van der Waals surface area (Å²) < 4.78 is 320. The molecule has 0 aromatic carbocycles. The van der Waals surface area contributed by atoms with Crippen LogP contribution in [0.15, 0.2) is 0 Å². The molecule has 0 aliphatic carbocycles. The zero-order chi connectivity index (χ0) is 35.1. The molecule has 0 aliphatic rings. The van der Waals surface area contributed by atoms with Crippen LogP contribution in [0.25, 0.3) is 0 Å². The fourth-order valence-corrected chi connectivity index (χ4v) is 2.08. The van der Waals surface area contributed by atoms with Gasteiger partial charge in [0.15, 0.2) is 0 Å². The molecule has 0 saturated heterocycles. The highest BCUT2D eigenvalue weighted by molar-refractivity contribution is 5.00. The molecule has 0 aromatic heterocycles. The largest absolute Gasteiger partial charge is 0.380 e. The molecule has 0 aliphatic heterocycles. The van der Waals surface area contributed by atoms with Crippen molar-refractivity contribution in [1.29, 1.82) is 0 Å². The van der Waals surface area contributed by atoms with Crippen LogP contribution in [0.4, 0.5) is 105 Å². The molecule has 27 heteroatoms. The third-order valence-corrected chi connectivity index (χ3v) is 4.66. The van der Waals surface area contributed by atoms with E-state index in [0.29, 0.717) is 0 Å². The van der Waals surface area contributed by atoms with Crippen molar-refractivity contribution < 1.29 is 120 Å². The lowest BCUT2D eigenvalue weighted by atomic mass is 10.1. The summed E-state index contributed by atoms with van der Waals surface area (Å²) in [4.78, 5) is 0. The van der Waals surface area contributed by atoms with Crippen LogP contribution in [0.1, 0.15) is 0 Å². The molecule has 43 heavy (non-hydrogen) atoms. The minimum Gasteiger partial charge on any atom is -0.323 e. The Labute approximate surface area is 220 Å². The van der Waals surface area contributed by atoms with Gasteiger partial charge in [0.25, 0.3) is 6.48 Å². The molecule has 0 amide bonds. The van der Waals surface area contributed by atoms with Gasteiger partial charge in [0, 0.05) is 0 Å². The van der Waals surface area contributed by atoms with Gasteiger partial charge in [0.1, 0.15) is 19.8 Å². The average Bonchev–Trinajstić information content (AvgIpc) is 2.82. The zero-order valence-electron chi connectivity index (χ0n) is 19.2. The smallest absolute Gasteiger partial charge is 0.323 e. The highest BCUT2D eigenvalue weighted by Gasteiger charge is 2.78. The van der Waals surface area contributed by atoms with Crippen LogP contribution in [0.3, 0.4) is 0 Å². The topological polar surface area (TPSA) is 27.7 Å². The molecular formula is C16H10F24O3. The minimum atomic E-state index is -7.30. The van der Waals surface area contributed by atoms with Crippen molar-refractivity contribution in [3.63, 3.8) is 0 Å². The van der Waals surface area contributed by atoms with E-state index in [0.717, 1.165) is 0 Å². The fourth-order valence-electron chi connectivity index (χ4n) is 2.08. The predicted octanol–water partition coefficient (Wildman–Crippen LogP) is 7.83. The van der Waals surface area contributed by atoms with Gasteiger partial charge in [-0.3, -0.25) is 0 Å². The van der Waals surface area contributed by atoms with E-state index >= 15 is 0 Å². The Bertz CT molecular complexity index is 787. The van der Waals surface area contributed by atoms with E-state index in [4.69, 9.17) is 0 Å². The molecule has 0 atom stereocenters. The van der Waals surface area contributed by atoms with E-state index in [1.54, 1.807) is 0 Å². The van der Waals surface area contributed by atoms with Crippen molar-refractivity contribution in [3.8, 4) is 0 Å². The summed E-state index contributed by atoms with van der Waals surface area (Å²) in [5.74, 6) is -63.3. The lowest BCUT2D eigenvalue weighted by Crippen LogP contribution is -2.61. The maximum atomic E-state index is 13.5. The Morgan fingerprint density at radius 3 is 0.628 bits per heavy atom. The standard InChI is InChI=1S/C16H10F24O3/c17-4(18)11(29,30)14(35,36)8(23,24)1-41-7(42-2-9(25,26)15(37,38)12(31,32)5(19)20)43-3-10(27,28)16(39,40)13(33,34)6(21)22/h4-7H,1-3H2. The normalized spacial score (nSPS) is 15.9. The van der Waals surface area contributed by atoms with Gasteiger partial charge in [-0.05, 0) is 0 Å². The van der Waals surface area contributed by atoms with Gasteiger partial charge < -0.3 is 14.2 Å². The summed E-state index contributed by atoms with van der Waals surface area (Å²) in [5.41, 5.74) is 0. The minimum absolute atomic E-state index is 3.07. The molecule has 0 radical (unpaired) electrons. The lowest BCUT2D eigenvalue weighted by molar-refractivity contribution is -0.397. The number of hydrogen-bond donors (Lipinski definition) is 0. The summed E-state index contributed by atoms with van der Waals surface area (Å²) in [5, 5.41) is 0. The first kappa shape index (κ1) is 41.2. The van der Waals surface area contributed by atoms with Crippen molar-refractivity contribution in [2.75, 3.05) is 19.8 Å². The molecule has 0 unspecified atom stereocenters. The van der Waals surface area contributed by atoms with Crippen LogP contribution in [0.2, 0.25) is 0 Å². The summed E-state index contributed by atoms with van der Waals surface area (Å²) >= 11 is 0. The molecule has 260 valence electrons. The quantitative estimate of drug-likeness (QED) is 0.108. The van der Waals surface area contributed by atoms with Crippen LogP contribution < -0.4 is 0 Å². The van der Waals surface area contributed by atoms with E-state index in [2.05, 4.69) is 14.2 Å². The van der Waals surface area contributed by atoms with Crippen molar-refractivity contribution in [2.24, 2.45) is 0 Å². The third kappa shape index (κ3) is 7.54. The molecule has 0 bridgehead atoms.